The van der Waals surface area contributed by atoms with E-state index in [1.807, 2.05) is 13.8 Å². The summed E-state index contributed by atoms with van der Waals surface area (Å²) in [5, 5.41) is 0. The summed E-state index contributed by atoms with van der Waals surface area (Å²) in [5.41, 5.74) is 0. The first kappa shape index (κ1) is 34.6. The van der Waals surface area contributed by atoms with Crippen molar-refractivity contribution in [1.29, 1.82) is 0 Å². The van der Waals surface area contributed by atoms with Crippen LogP contribution in [-0.2, 0) is 23.9 Å². The number of carbonyl (C=O) groups excluding carboxylic acids is 3. The number of unbranched alkanes of at least 4 members (excludes halogenated alkanes) is 16. The van der Waals surface area contributed by atoms with Crippen LogP contribution in [0.3, 0.4) is 0 Å². The summed E-state index contributed by atoms with van der Waals surface area (Å²) in [6.45, 7) is 8.10. The van der Waals surface area contributed by atoms with Gasteiger partial charge >= 0.3 is 11.9 Å². The smallest absolute Gasteiger partial charge is 0.305 e. The average Bonchev–Trinajstić information content (AvgIpc) is 2.86. The maximum Gasteiger partial charge on any atom is 0.305 e. The summed E-state index contributed by atoms with van der Waals surface area (Å²) in [4.78, 5) is 36.8. The van der Waals surface area contributed by atoms with Crippen molar-refractivity contribution in [1.82, 2.24) is 0 Å². The van der Waals surface area contributed by atoms with Crippen LogP contribution in [0, 0.1) is 11.8 Å². The predicted octanol–water partition coefficient (Wildman–Crippen LogP) is 8.76. The van der Waals surface area contributed by atoms with Gasteiger partial charge in [-0.3, -0.25) is 14.4 Å². The molecule has 212 valence electrons. The molecule has 0 fully saturated rings. The maximum atomic E-state index is 12.5. The molecule has 0 saturated heterocycles. The van der Waals surface area contributed by atoms with Gasteiger partial charge in [0.05, 0.1) is 5.92 Å². The van der Waals surface area contributed by atoms with Crippen LogP contribution in [0.15, 0.2) is 0 Å². The molecule has 5 heteroatoms. The highest BCUT2D eigenvalue weighted by Gasteiger charge is 2.24. The van der Waals surface area contributed by atoms with Crippen LogP contribution < -0.4 is 0 Å². The van der Waals surface area contributed by atoms with E-state index in [1.54, 1.807) is 0 Å². The molecule has 0 N–H and O–H groups in total. The summed E-state index contributed by atoms with van der Waals surface area (Å²) in [6.07, 6.45) is 22.3. The van der Waals surface area contributed by atoms with E-state index < -0.39 is 5.92 Å². The van der Waals surface area contributed by atoms with Crippen molar-refractivity contribution in [3.05, 3.63) is 0 Å². The first-order chi connectivity index (χ1) is 17.4. The number of ketones is 1. The quantitative estimate of drug-likeness (QED) is 0.0859. The largest absolute Gasteiger partial charge is 0.465 e. The normalized spacial score (nSPS) is 11.3. The van der Waals surface area contributed by atoms with Crippen molar-refractivity contribution < 1.29 is 23.9 Å². The van der Waals surface area contributed by atoms with Crippen LogP contribution in [0.5, 0.6) is 0 Å². The van der Waals surface area contributed by atoms with Crippen molar-refractivity contribution >= 4 is 17.7 Å². The van der Waals surface area contributed by atoms with Crippen LogP contribution in [0.25, 0.3) is 0 Å². The number of Topliss-reactive ketones (excluding diaryl/α,β-unsaturated/α-hetero) is 1. The molecule has 0 saturated carbocycles. The second kappa shape index (κ2) is 25.3. The van der Waals surface area contributed by atoms with E-state index in [1.165, 1.54) is 77.0 Å². The molecule has 0 bridgehead atoms. The second-order valence-corrected chi connectivity index (χ2v) is 10.8. The molecule has 0 amide bonds. The Morgan fingerprint density at radius 1 is 0.500 bits per heavy atom. The molecule has 0 aromatic rings. The summed E-state index contributed by atoms with van der Waals surface area (Å²) >= 11 is 0. The average molecular weight is 511 g/mol. The molecule has 0 atom stereocenters. The molecule has 0 heterocycles. The first-order valence-electron chi connectivity index (χ1n) is 15.3. The third-order valence-corrected chi connectivity index (χ3v) is 6.83. The molecular weight excluding hydrogens is 452 g/mol. The Hall–Kier alpha value is -1.39. The van der Waals surface area contributed by atoms with Gasteiger partial charge in [0.15, 0.2) is 0 Å². The lowest BCUT2D eigenvalue weighted by atomic mass is 9.96. The van der Waals surface area contributed by atoms with Gasteiger partial charge in [0.1, 0.15) is 19.0 Å². The fraction of sp³-hybridized carbons (Fsp3) is 0.903. The Bertz CT molecular complexity index is 505. The lowest BCUT2D eigenvalue weighted by molar-refractivity contribution is -0.151. The van der Waals surface area contributed by atoms with Crippen LogP contribution in [0.1, 0.15) is 156 Å². The summed E-state index contributed by atoms with van der Waals surface area (Å²) in [5.74, 6) is -1.33. The number of esters is 2. The summed E-state index contributed by atoms with van der Waals surface area (Å²) in [6, 6.07) is 0. The highest BCUT2D eigenvalue weighted by Crippen LogP contribution is 2.14. The molecule has 0 aliphatic carbocycles. The van der Waals surface area contributed by atoms with Gasteiger partial charge in [-0.05, 0) is 12.8 Å². The minimum Gasteiger partial charge on any atom is -0.465 e. The van der Waals surface area contributed by atoms with Crippen molar-refractivity contribution in [3.63, 3.8) is 0 Å². The Labute approximate surface area is 222 Å². The van der Waals surface area contributed by atoms with Gasteiger partial charge in [-0.15, -0.1) is 0 Å². The van der Waals surface area contributed by atoms with Crippen molar-refractivity contribution in [2.24, 2.45) is 11.8 Å². The van der Waals surface area contributed by atoms with E-state index in [-0.39, 0.29) is 36.9 Å². The highest BCUT2D eigenvalue weighted by atomic mass is 16.5. The summed E-state index contributed by atoms with van der Waals surface area (Å²) < 4.78 is 10.8. The van der Waals surface area contributed by atoms with E-state index in [0.29, 0.717) is 12.8 Å². The van der Waals surface area contributed by atoms with E-state index >= 15 is 0 Å². The topological polar surface area (TPSA) is 69.7 Å². The van der Waals surface area contributed by atoms with E-state index in [4.69, 9.17) is 9.47 Å². The molecule has 0 aromatic carbocycles. The number of rotatable bonds is 26. The zero-order valence-electron chi connectivity index (χ0n) is 24.3. The van der Waals surface area contributed by atoms with E-state index in [9.17, 15) is 14.4 Å². The lowest BCUT2D eigenvalue weighted by Crippen LogP contribution is -2.30. The number of carbonyl (C=O) groups is 3. The Kier molecular flexibility index (Phi) is 24.3. The third kappa shape index (κ3) is 21.9. The Morgan fingerprint density at radius 2 is 0.806 bits per heavy atom. The van der Waals surface area contributed by atoms with Gasteiger partial charge in [0.2, 0.25) is 0 Å². The highest BCUT2D eigenvalue weighted by molar-refractivity contribution is 5.83. The van der Waals surface area contributed by atoms with Gasteiger partial charge in [0, 0.05) is 18.8 Å². The maximum absolute atomic E-state index is 12.5. The van der Waals surface area contributed by atoms with Crippen LogP contribution >= 0.6 is 0 Å². The zero-order chi connectivity index (χ0) is 26.9. The minimum absolute atomic E-state index is 0.00140. The van der Waals surface area contributed by atoms with Crippen molar-refractivity contribution in [2.45, 2.75) is 156 Å². The van der Waals surface area contributed by atoms with Crippen LogP contribution in [0.4, 0.5) is 0 Å². The van der Waals surface area contributed by atoms with Gasteiger partial charge < -0.3 is 9.47 Å². The summed E-state index contributed by atoms with van der Waals surface area (Å²) in [7, 11) is 0. The molecule has 0 aliphatic rings. The van der Waals surface area contributed by atoms with Crippen LogP contribution in [0.2, 0.25) is 0 Å². The Morgan fingerprint density at radius 3 is 1.11 bits per heavy atom. The van der Waals surface area contributed by atoms with Gasteiger partial charge in [-0.1, -0.05) is 130 Å². The number of hydrogen-bond acceptors (Lipinski definition) is 5. The van der Waals surface area contributed by atoms with Gasteiger partial charge in [0.25, 0.3) is 0 Å². The zero-order valence-corrected chi connectivity index (χ0v) is 24.3. The van der Waals surface area contributed by atoms with Crippen LogP contribution in [-0.4, -0.2) is 30.9 Å². The lowest BCUT2D eigenvalue weighted by Gasteiger charge is -2.18. The van der Waals surface area contributed by atoms with Gasteiger partial charge in [-0.2, -0.15) is 0 Å². The molecule has 0 rings (SSSR count). The first-order valence-corrected chi connectivity index (χ1v) is 15.3. The second-order valence-electron chi connectivity index (χ2n) is 10.8. The third-order valence-electron chi connectivity index (χ3n) is 6.83. The van der Waals surface area contributed by atoms with E-state index in [0.717, 1.165) is 38.5 Å². The number of hydrogen-bond donors (Lipinski definition) is 0. The Balaban J connectivity index is 4.01. The fourth-order valence-corrected chi connectivity index (χ4v) is 4.38. The molecule has 36 heavy (non-hydrogen) atoms. The molecule has 5 nitrogen and oxygen atoms in total. The van der Waals surface area contributed by atoms with Crippen molar-refractivity contribution in [2.75, 3.05) is 13.2 Å². The molecule has 0 aliphatic heterocycles. The minimum atomic E-state index is -0.579. The molecule has 0 aromatic heterocycles. The molecule has 0 radical (unpaired) electrons. The molecule has 0 spiro atoms. The monoisotopic (exact) mass is 510 g/mol. The SMILES string of the molecule is CCCCCCCCCCCC(=O)OCC(COC(=O)CCCCCCCCCCC)C(=O)C(C)C. The van der Waals surface area contributed by atoms with Gasteiger partial charge in [-0.25, -0.2) is 0 Å². The fourth-order valence-electron chi connectivity index (χ4n) is 4.38. The molecular formula is C31H58O5. The van der Waals surface area contributed by atoms with E-state index in [2.05, 4.69) is 13.8 Å². The van der Waals surface area contributed by atoms with Crippen molar-refractivity contribution in [3.8, 4) is 0 Å². The standard InChI is InChI=1S/C31H58O5/c1-5-7-9-11-13-15-17-19-21-23-29(32)35-25-28(31(34)27(3)4)26-36-30(33)24-22-20-18-16-14-12-10-8-6-2/h27-28H,5-26H2,1-4H3. The number of ether oxygens (including phenoxy) is 2. The predicted molar refractivity (Wildman–Crippen MR) is 149 cm³/mol. The molecule has 0 unspecified atom stereocenters.